The number of carbonyl (C=O) groups is 4. The van der Waals surface area contributed by atoms with Gasteiger partial charge in [-0.2, -0.15) is 0 Å². The van der Waals surface area contributed by atoms with E-state index in [2.05, 4.69) is 16.0 Å². The van der Waals surface area contributed by atoms with Gasteiger partial charge in [0, 0.05) is 16.9 Å². The molecule has 162 valence electrons. The van der Waals surface area contributed by atoms with E-state index in [9.17, 15) is 19.2 Å². The first-order valence-electron chi connectivity index (χ1n) is 10.0. The fourth-order valence-electron chi connectivity index (χ4n) is 3.23. The lowest BCUT2D eigenvalue weighted by Gasteiger charge is -2.21. The van der Waals surface area contributed by atoms with E-state index in [0.29, 0.717) is 16.9 Å². The van der Waals surface area contributed by atoms with Crippen LogP contribution in [0.2, 0.25) is 0 Å². The van der Waals surface area contributed by atoms with Crippen molar-refractivity contribution in [3.63, 3.8) is 0 Å². The van der Waals surface area contributed by atoms with Crippen molar-refractivity contribution in [3.05, 3.63) is 59.7 Å². The summed E-state index contributed by atoms with van der Waals surface area (Å²) < 4.78 is 5.19. The topological polar surface area (TPSA) is 114 Å². The smallest absolute Gasteiger partial charge is 0.329 e. The maximum atomic E-state index is 12.5. The minimum Gasteiger partial charge on any atom is -0.456 e. The van der Waals surface area contributed by atoms with Crippen LogP contribution >= 0.6 is 0 Å². The lowest BCUT2D eigenvalue weighted by molar-refractivity contribution is -0.145. The Morgan fingerprint density at radius 3 is 2.48 bits per heavy atom. The van der Waals surface area contributed by atoms with Crippen LogP contribution in [-0.4, -0.2) is 36.3 Å². The number of hydrogen-bond donors (Lipinski definition) is 3. The largest absolute Gasteiger partial charge is 0.456 e. The zero-order valence-electron chi connectivity index (χ0n) is 17.6. The minimum atomic E-state index is -0.918. The van der Waals surface area contributed by atoms with Crippen LogP contribution in [0, 0.1) is 5.92 Å². The molecule has 2 atom stereocenters. The van der Waals surface area contributed by atoms with Gasteiger partial charge in [-0.25, -0.2) is 9.59 Å². The second-order valence-corrected chi connectivity index (χ2v) is 7.73. The monoisotopic (exact) mass is 423 g/mol. The van der Waals surface area contributed by atoms with E-state index in [1.54, 1.807) is 63.2 Å². The van der Waals surface area contributed by atoms with E-state index in [0.717, 1.165) is 5.56 Å². The summed E-state index contributed by atoms with van der Waals surface area (Å²) in [6.07, 6.45) is 0. The number of carbonyl (C=O) groups excluding carboxylic acids is 4. The first-order valence-corrected chi connectivity index (χ1v) is 10.0. The Hall–Kier alpha value is -3.68. The number of esters is 1. The Balaban J connectivity index is 1.58. The molecule has 31 heavy (non-hydrogen) atoms. The van der Waals surface area contributed by atoms with Crippen LogP contribution in [0.1, 0.15) is 42.6 Å². The summed E-state index contributed by atoms with van der Waals surface area (Å²) in [5.41, 5.74) is 2.36. The molecule has 8 heteroatoms. The molecule has 0 aliphatic carbocycles. The third kappa shape index (κ3) is 5.28. The SMILES string of the molecule is CC(C)[C@@H](NC(=O)Nc1ccccc1)C(=O)OCC(=O)c1ccc2c(c1)[C@@H](C)C(=O)N2. The highest BCUT2D eigenvalue weighted by molar-refractivity contribution is 6.05. The van der Waals surface area contributed by atoms with E-state index >= 15 is 0 Å². The summed E-state index contributed by atoms with van der Waals surface area (Å²) >= 11 is 0. The summed E-state index contributed by atoms with van der Waals surface area (Å²) in [5, 5.41) is 7.98. The number of anilines is 2. The summed E-state index contributed by atoms with van der Waals surface area (Å²) in [6.45, 7) is 4.83. The summed E-state index contributed by atoms with van der Waals surface area (Å²) in [6, 6.07) is 12.3. The normalized spacial score (nSPS) is 15.6. The van der Waals surface area contributed by atoms with Gasteiger partial charge in [0.25, 0.3) is 0 Å². The second-order valence-electron chi connectivity index (χ2n) is 7.73. The van der Waals surface area contributed by atoms with Crippen LogP contribution in [0.4, 0.5) is 16.2 Å². The first kappa shape index (κ1) is 22.0. The molecule has 1 heterocycles. The number of ketones is 1. The molecule has 0 fully saturated rings. The quantitative estimate of drug-likeness (QED) is 0.467. The van der Waals surface area contributed by atoms with Gasteiger partial charge in [-0.15, -0.1) is 0 Å². The summed E-state index contributed by atoms with van der Waals surface area (Å²) in [5.74, 6) is -1.80. The molecule has 2 aromatic carbocycles. The standard InChI is InChI=1S/C23H25N3O5/c1-13(2)20(26-23(30)24-16-7-5-4-6-8-16)22(29)31-12-19(27)15-9-10-18-17(11-15)14(3)21(28)25-18/h4-11,13-14,20H,12H2,1-3H3,(H,25,28)(H2,24,26,30)/t14-,20-/m1/s1. The van der Waals surface area contributed by atoms with Crippen LogP contribution in [0.5, 0.6) is 0 Å². The van der Waals surface area contributed by atoms with Crippen molar-refractivity contribution in [1.29, 1.82) is 0 Å². The van der Waals surface area contributed by atoms with Gasteiger partial charge in [0.05, 0.1) is 5.92 Å². The molecule has 3 amide bonds. The number of urea groups is 1. The van der Waals surface area contributed by atoms with Crippen molar-refractivity contribution in [2.24, 2.45) is 5.92 Å². The highest BCUT2D eigenvalue weighted by Crippen LogP contribution is 2.32. The molecule has 0 spiro atoms. The van der Waals surface area contributed by atoms with Crippen molar-refractivity contribution < 1.29 is 23.9 Å². The van der Waals surface area contributed by atoms with Crippen molar-refractivity contribution in [2.45, 2.75) is 32.7 Å². The number of hydrogen-bond acceptors (Lipinski definition) is 5. The molecule has 2 aromatic rings. The van der Waals surface area contributed by atoms with E-state index < -0.39 is 24.6 Å². The van der Waals surface area contributed by atoms with Gasteiger partial charge < -0.3 is 20.7 Å². The van der Waals surface area contributed by atoms with Crippen molar-refractivity contribution >= 4 is 35.1 Å². The number of para-hydroxylation sites is 1. The number of rotatable bonds is 7. The molecular formula is C23H25N3O5. The lowest BCUT2D eigenvalue weighted by atomic mass is 9.99. The Kier molecular flexibility index (Phi) is 6.69. The Bertz CT molecular complexity index is 1000. The zero-order valence-corrected chi connectivity index (χ0v) is 17.6. The average molecular weight is 423 g/mol. The van der Waals surface area contributed by atoms with Gasteiger partial charge in [0.1, 0.15) is 6.04 Å². The van der Waals surface area contributed by atoms with Gasteiger partial charge in [-0.3, -0.25) is 9.59 Å². The fraction of sp³-hybridized carbons (Fsp3) is 0.304. The number of ether oxygens (including phenoxy) is 1. The van der Waals surface area contributed by atoms with Gasteiger partial charge in [-0.1, -0.05) is 32.0 Å². The maximum absolute atomic E-state index is 12.5. The molecule has 0 unspecified atom stereocenters. The molecule has 0 bridgehead atoms. The van der Waals surface area contributed by atoms with Crippen LogP contribution in [0.25, 0.3) is 0 Å². The van der Waals surface area contributed by atoms with E-state index in [-0.39, 0.29) is 23.5 Å². The number of amides is 3. The maximum Gasteiger partial charge on any atom is 0.329 e. The van der Waals surface area contributed by atoms with E-state index in [4.69, 9.17) is 4.74 Å². The molecular weight excluding hydrogens is 398 g/mol. The molecule has 0 saturated heterocycles. The van der Waals surface area contributed by atoms with Crippen molar-refractivity contribution in [3.8, 4) is 0 Å². The average Bonchev–Trinajstić information content (AvgIpc) is 3.03. The third-order valence-electron chi connectivity index (χ3n) is 5.08. The van der Waals surface area contributed by atoms with Gasteiger partial charge in [0.2, 0.25) is 5.91 Å². The van der Waals surface area contributed by atoms with Crippen LogP contribution in [-0.2, 0) is 14.3 Å². The number of benzene rings is 2. The highest BCUT2D eigenvalue weighted by Gasteiger charge is 2.29. The predicted octanol–water partition coefficient (Wildman–Crippen LogP) is 3.31. The van der Waals surface area contributed by atoms with E-state index in [1.807, 2.05) is 6.07 Å². The van der Waals surface area contributed by atoms with Gasteiger partial charge >= 0.3 is 12.0 Å². The predicted molar refractivity (Wildman–Crippen MR) is 116 cm³/mol. The van der Waals surface area contributed by atoms with Crippen LogP contribution in [0.3, 0.4) is 0 Å². The van der Waals surface area contributed by atoms with E-state index in [1.165, 1.54) is 0 Å². The Morgan fingerprint density at radius 2 is 1.81 bits per heavy atom. The Morgan fingerprint density at radius 1 is 1.10 bits per heavy atom. The van der Waals surface area contributed by atoms with Gasteiger partial charge in [-0.05, 0) is 48.7 Å². The molecule has 1 aliphatic rings. The fourth-order valence-corrected chi connectivity index (χ4v) is 3.23. The number of fused-ring (bicyclic) bond motifs is 1. The molecule has 0 aromatic heterocycles. The van der Waals surface area contributed by atoms with Gasteiger partial charge in [0.15, 0.2) is 12.4 Å². The highest BCUT2D eigenvalue weighted by atomic mass is 16.5. The van der Waals surface area contributed by atoms with Crippen LogP contribution < -0.4 is 16.0 Å². The summed E-state index contributed by atoms with van der Waals surface area (Å²) in [7, 11) is 0. The molecule has 8 nitrogen and oxygen atoms in total. The zero-order chi connectivity index (χ0) is 22.5. The number of nitrogens with one attached hydrogen (secondary N) is 3. The number of Topliss-reactive ketones (excluding diaryl/α,β-unsaturated/α-hetero) is 1. The third-order valence-corrected chi connectivity index (χ3v) is 5.08. The van der Waals surface area contributed by atoms with Crippen molar-refractivity contribution in [1.82, 2.24) is 5.32 Å². The van der Waals surface area contributed by atoms with Crippen molar-refractivity contribution in [2.75, 3.05) is 17.2 Å². The Labute approximate surface area is 180 Å². The summed E-state index contributed by atoms with van der Waals surface area (Å²) in [4.78, 5) is 49.0. The second kappa shape index (κ2) is 9.42. The lowest BCUT2D eigenvalue weighted by Crippen LogP contribution is -2.47. The molecule has 3 rings (SSSR count). The molecule has 1 aliphatic heterocycles. The molecule has 0 radical (unpaired) electrons. The van der Waals surface area contributed by atoms with Crippen LogP contribution in [0.15, 0.2) is 48.5 Å². The molecule has 0 saturated carbocycles. The first-order chi connectivity index (χ1) is 14.8. The minimum absolute atomic E-state index is 0.120. The molecule has 3 N–H and O–H groups in total.